The van der Waals surface area contributed by atoms with Gasteiger partial charge in [0.2, 0.25) is 0 Å². The second kappa shape index (κ2) is 8.75. The maximum Gasteiger partial charge on any atom is 0.0664 e. The third-order valence-corrected chi connectivity index (χ3v) is 2.69. The maximum absolute atomic E-state index is 5.23. The molecule has 1 aromatic rings. The van der Waals surface area contributed by atoms with Gasteiger partial charge in [-0.15, -0.1) is 0 Å². The summed E-state index contributed by atoms with van der Waals surface area (Å²) in [6.07, 6.45) is 7.06. The lowest BCUT2D eigenvalue weighted by Gasteiger charge is -2.18. The van der Waals surface area contributed by atoms with E-state index in [1.54, 1.807) is 7.11 Å². The number of methoxy groups -OCH3 is 1. The van der Waals surface area contributed by atoms with E-state index in [0.29, 0.717) is 6.04 Å². The van der Waals surface area contributed by atoms with Crippen molar-refractivity contribution in [1.29, 1.82) is 0 Å². The number of hydrogen-bond donors (Lipinski definition) is 2. The zero-order valence-corrected chi connectivity index (χ0v) is 11.7. The Morgan fingerprint density at radius 2 is 2.00 bits per heavy atom. The molecule has 2 N–H and O–H groups in total. The highest BCUT2D eigenvalue weighted by atomic mass is 16.5. The van der Waals surface area contributed by atoms with Crippen LogP contribution in [0.1, 0.15) is 33.1 Å². The molecule has 1 unspecified atom stereocenters. The first kappa shape index (κ1) is 14.8. The summed E-state index contributed by atoms with van der Waals surface area (Å²) in [5.41, 5.74) is 2.11. The maximum atomic E-state index is 5.23. The number of nitrogens with one attached hydrogen (secondary N) is 2. The predicted octanol–water partition coefficient (Wildman–Crippen LogP) is 3.13. The largest absolute Gasteiger partial charge is 0.384 e. The lowest BCUT2D eigenvalue weighted by molar-refractivity contribution is 0.182. The Hall–Kier alpha value is -1.29. The van der Waals surface area contributed by atoms with Crippen LogP contribution in [0, 0.1) is 0 Å². The van der Waals surface area contributed by atoms with E-state index in [1.165, 1.54) is 0 Å². The molecule has 1 atom stereocenters. The van der Waals surface area contributed by atoms with E-state index in [4.69, 9.17) is 4.74 Å². The van der Waals surface area contributed by atoms with Gasteiger partial charge in [-0.1, -0.05) is 20.3 Å². The Morgan fingerprint density at radius 1 is 1.22 bits per heavy atom. The lowest BCUT2D eigenvalue weighted by Crippen LogP contribution is -2.24. The van der Waals surface area contributed by atoms with Crippen LogP contribution in [0.25, 0.3) is 0 Å². The molecular weight excluding hydrogens is 226 g/mol. The topological polar surface area (TPSA) is 46.2 Å². The normalized spacial score (nSPS) is 12.2. The third-order valence-electron chi connectivity index (χ3n) is 2.69. The van der Waals surface area contributed by atoms with Gasteiger partial charge < -0.3 is 15.4 Å². The molecule has 0 bridgehead atoms. The summed E-state index contributed by atoms with van der Waals surface area (Å²) in [5.74, 6) is 0. The van der Waals surface area contributed by atoms with Crippen LogP contribution in [-0.4, -0.2) is 31.3 Å². The van der Waals surface area contributed by atoms with Gasteiger partial charge in [0.05, 0.1) is 30.4 Å². The number of aromatic nitrogens is 1. The average molecular weight is 251 g/mol. The molecular formula is C14H25N3O. The highest BCUT2D eigenvalue weighted by molar-refractivity contribution is 5.54. The molecule has 102 valence electrons. The third kappa shape index (κ3) is 5.36. The van der Waals surface area contributed by atoms with Gasteiger partial charge in [-0.3, -0.25) is 4.98 Å². The minimum Gasteiger partial charge on any atom is -0.384 e. The van der Waals surface area contributed by atoms with Crippen molar-refractivity contribution in [2.45, 2.75) is 39.2 Å². The Balaban J connectivity index is 2.58. The smallest absolute Gasteiger partial charge is 0.0664 e. The number of rotatable bonds is 9. The van der Waals surface area contributed by atoms with E-state index in [2.05, 4.69) is 35.5 Å². The molecule has 4 heteroatoms. The number of ether oxygens (including phenoxy) is 1. The molecule has 0 spiro atoms. The minimum absolute atomic E-state index is 0.350. The fourth-order valence-electron chi connectivity index (χ4n) is 1.87. The van der Waals surface area contributed by atoms with Gasteiger partial charge in [0.1, 0.15) is 0 Å². The van der Waals surface area contributed by atoms with Crippen LogP contribution in [0.3, 0.4) is 0 Å². The quantitative estimate of drug-likeness (QED) is 0.708. The van der Waals surface area contributed by atoms with Crippen molar-refractivity contribution in [3.05, 3.63) is 18.5 Å². The molecule has 1 heterocycles. The van der Waals surface area contributed by atoms with Crippen LogP contribution < -0.4 is 10.6 Å². The van der Waals surface area contributed by atoms with Crippen molar-refractivity contribution >= 4 is 11.4 Å². The zero-order chi connectivity index (χ0) is 13.2. The molecule has 1 rings (SSSR count). The molecule has 0 amide bonds. The molecule has 0 saturated heterocycles. The van der Waals surface area contributed by atoms with Gasteiger partial charge in [0, 0.05) is 19.7 Å². The first-order chi connectivity index (χ1) is 8.80. The van der Waals surface area contributed by atoms with Crippen molar-refractivity contribution < 1.29 is 4.74 Å². The van der Waals surface area contributed by atoms with E-state index in [1.807, 2.05) is 12.4 Å². The van der Waals surface area contributed by atoms with Crippen molar-refractivity contribution in [1.82, 2.24) is 4.98 Å². The van der Waals surface area contributed by atoms with E-state index in [9.17, 15) is 0 Å². The Labute approximate surface area is 110 Å². The summed E-state index contributed by atoms with van der Waals surface area (Å²) in [7, 11) is 1.74. The Morgan fingerprint density at radius 3 is 2.67 bits per heavy atom. The fourth-order valence-corrected chi connectivity index (χ4v) is 1.87. The predicted molar refractivity (Wildman–Crippen MR) is 77.2 cm³/mol. The summed E-state index contributed by atoms with van der Waals surface area (Å²) in [4.78, 5) is 4.25. The van der Waals surface area contributed by atoms with Crippen molar-refractivity contribution in [2.24, 2.45) is 0 Å². The van der Waals surface area contributed by atoms with Crippen LogP contribution >= 0.6 is 0 Å². The summed E-state index contributed by atoms with van der Waals surface area (Å²) >= 11 is 0. The summed E-state index contributed by atoms with van der Waals surface area (Å²) in [6.45, 7) is 6.03. The summed E-state index contributed by atoms with van der Waals surface area (Å²) < 4.78 is 5.23. The van der Waals surface area contributed by atoms with E-state index < -0.39 is 0 Å². The number of pyridine rings is 1. The minimum atomic E-state index is 0.350. The van der Waals surface area contributed by atoms with Crippen LogP contribution in [-0.2, 0) is 4.74 Å². The van der Waals surface area contributed by atoms with Gasteiger partial charge in [0.15, 0.2) is 0 Å². The highest BCUT2D eigenvalue weighted by Gasteiger charge is 2.07. The summed E-state index contributed by atoms with van der Waals surface area (Å²) in [5, 5.41) is 6.81. The molecule has 18 heavy (non-hydrogen) atoms. The molecule has 4 nitrogen and oxygen atoms in total. The molecule has 0 saturated carbocycles. The van der Waals surface area contributed by atoms with Crippen LogP contribution in [0.15, 0.2) is 18.5 Å². The second-order valence-electron chi connectivity index (χ2n) is 4.47. The van der Waals surface area contributed by atoms with Crippen LogP contribution in [0.4, 0.5) is 11.4 Å². The van der Waals surface area contributed by atoms with Gasteiger partial charge in [-0.05, 0) is 18.9 Å². The lowest BCUT2D eigenvalue weighted by atomic mass is 10.1. The van der Waals surface area contributed by atoms with Gasteiger partial charge >= 0.3 is 0 Å². The van der Waals surface area contributed by atoms with Crippen LogP contribution in [0.5, 0.6) is 0 Å². The van der Waals surface area contributed by atoms with Gasteiger partial charge in [-0.25, -0.2) is 0 Å². The average Bonchev–Trinajstić information content (AvgIpc) is 2.37. The zero-order valence-electron chi connectivity index (χ0n) is 11.7. The number of hydrogen-bond acceptors (Lipinski definition) is 4. The summed E-state index contributed by atoms with van der Waals surface area (Å²) in [6, 6.07) is 2.45. The molecule has 0 aliphatic carbocycles. The van der Waals surface area contributed by atoms with Crippen molar-refractivity contribution in [3.8, 4) is 0 Å². The Bertz CT molecular complexity index is 325. The molecule has 0 radical (unpaired) electrons. The van der Waals surface area contributed by atoms with Crippen LogP contribution in [0.2, 0.25) is 0 Å². The fraction of sp³-hybridized carbons (Fsp3) is 0.643. The van der Waals surface area contributed by atoms with Crippen molar-refractivity contribution in [2.75, 3.05) is 30.9 Å². The molecule has 0 aliphatic heterocycles. The molecule has 1 aromatic heterocycles. The molecule has 0 aliphatic rings. The van der Waals surface area contributed by atoms with E-state index >= 15 is 0 Å². The number of anilines is 2. The standard InChI is InChI=1S/C14H25N3O/c1-4-6-12(11-18-3)17-14-8-13(9-15-10-14)16-7-5-2/h8-10,12,16-17H,4-7,11H2,1-3H3. The number of nitrogens with zero attached hydrogens (tertiary/aromatic N) is 1. The second-order valence-corrected chi connectivity index (χ2v) is 4.47. The SMILES string of the molecule is CCCNc1cncc(NC(CCC)COC)c1. The first-order valence-corrected chi connectivity index (χ1v) is 6.74. The Kier molecular flexibility index (Phi) is 7.18. The molecule has 0 aromatic carbocycles. The highest BCUT2D eigenvalue weighted by Crippen LogP contribution is 2.15. The molecule has 0 fully saturated rings. The van der Waals surface area contributed by atoms with E-state index in [0.717, 1.165) is 43.8 Å². The van der Waals surface area contributed by atoms with Gasteiger partial charge in [0.25, 0.3) is 0 Å². The van der Waals surface area contributed by atoms with E-state index in [-0.39, 0.29) is 0 Å². The monoisotopic (exact) mass is 251 g/mol. The van der Waals surface area contributed by atoms with Gasteiger partial charge in [-0.2, -0.15) is 0 Å². The van der Waals surface area contributed by atoms with Crippen molar-refractivity contribution in [3.63, 3.8) is 0 Å². The first-order valence-electron chi connectivity index (χ1n) is 6.74.